The maximum Gasteiger partial charge on any atom is 0.339 e. The predicted molar refractivity (Wildman–Crippen MR) is 116 cm³/mol. The highest BCUT2D eigenvalue weighted by molar-refractivity contribution is 7.87. The molecule has 2 rings (SSSR count). The van der Waals surface area contributed by atoms with Crippen LogP contribution >= 0.6 is 0 Å². The van der Waals surface area contributed by atoms with E-state index in [0.717, 1.165) is 6.42 Å². The third kappa shape index (κ3) is 6.13. The molecule has 0 aromatic heterocycles. The molecule has 30 heavy (non-hydrogen) atoms. The van der Waals surface area contributed by atoms with E-state index in [1.807, 2.05) is 27.7 Å². The summed E-state index contributed by atoms with van der Waals surface area (Å²) in [5, 5.41) is 2.90. The molecule has 0 saturated carbocycles. The third-order valence-electron chi connectivity index (χ3n) is 4.66. The third-order valence-corrected chi connectivity index (χ3v) is 5.91. The van der Waals surface area contributed by atoms with Crippen molar-refractivity contribution < 1.29 is 22.1 Å². The average molecular weight is 435 g/mol. The summed E-state index contributed by atoms with van der Waals surface area (Å²) in [5.41, 5.74) is 0.605. The lowest BCUT2D eigenvalue weighted by Gasteiger charge is -2.30. The van der Waals surface area contributed by atoms with Crippen LogP contribution in [0.15, 0.2) is 53.4 Å². The Morgan fingerprint density at radius 1 is 1.07 bits per heavy atom. The second-order valence-electron chi connectivity index (χ2n) is 7.31. The van der Waals surface area contributed by atoms with Crippen LogP contribution in [0.3, 0.4) is 0 Å². The Kier molecular flexibility index (Phi) is 8.11. The Labute approximate surface area is 179 Å². The standard InChI is InChI=1S/C22H30N2O5S/c1-6-17(4)24(22(25)23-16(2)3)15-18-9-7-8-10-21(18)29-30(26,27)20-13-11-19(28-5)12-14-20/h7-14,16-17H,6,15H2,1-5H3,(H,23,25). The summed E-state index contributed by atoms with van der Waals surface area (Å²) < 4.78 is 36.0. The van der Waals surface area contributed by atoms with Crippen LogP contribution in [-0.4, -0.2) is 38.5 Å². The Morgan fingerprint density at radius 2 is 1.70 bits per heavy atom. The predicted octanol–water partition coefficient (Wildman–Crippen LogP) is 4.18. The number of nitrogens with zero attached hydrogens (tertiary/aromatic N) is 1. The van der Waals surface area contributed by atoms with Crippen molar-refractivity contribution in [1.82, 2.24) is 10.2 Å². The molecule has 8 heteroatoms. The molecule has 0 saturated heterocycles. The van der Waals surface area contributed by atoms with Gasteiger partial charge in [-0.25, -0.2) is 4.79 Å². The van der Waals surface area contributed by atoms with E-state index in [2.05, 4.69) is 5.32 Å². The maximum absolute atomic E-state index is 12.8. The normalized spacial score (nSPS) is 12.3. The maximum atomic E-state index is 12.8. The average Bonchev–Trinajstić information content (AvgIpc) is 2.71. The molecule has 0 radical (unpaired) electrons. The van der Waals surface area contributed by atoms with Crippen molar-refractivity contribution in [3.8, 4) is 11.5 Å². The molecule has 0 spiro atoms. The van der Waals surface area contributed by atoms with Crippen molar-refractivity contribution in [3.63, 3.8) is 0 Å². The van der Waals surface area contributed by atoms with Crippen LogP contribution in [0.4, 0.5) is 4.79 Å². The Bertz CT molecular complexity index is 942. The van der Waals surface area contributed by atoms with Gasteiger partial charge in [0.15, 0.2) is 0 Å². The van der Waals surface area contributed by atoms with Crippen LogP contribution in [-0.2, 0) is 16.7 Å². The molecule has 2 amide bonds. The first-order valence-electron chi connectivity index (χ1n) is 9.91. The number of benzene rings is 2. The first-order chi connectivity index (χ1) is 14.2. The van der Waals surface area contributed by atoms with Gasteiger partial charge in [0.25, 0.3) is 0 Å². The van der Waals surface area contributed by atoms with Gasteiger partial charge >= 0.3 is 16.1 Å². The van der Waals surface area contributed by atoms with Crippen LogP contribution in [0.25, 0.3) is 0 Å². The van der Waals surface area contributed by atoms with Crippen molar-refractivity contribution >= 4 is 16.1 Å². The van der Waals surface area contributed by atoms with Crippen molar-refractivity contribution in [3.05, 3.63) is 54.1 Å². The van der Waals surface area contributed by atoms with Crippen LogP contribution in [0.1, 0.15) is 39.7 Å². The zero-order valence-corrected chi connectivity index (χ0v) is 18.9. The van der Waals surface area contributed by atoms with Crippen molar-refractivity contribution in [2.75, 3.05) is 7.11 Å². The number of methoxy groups -OCH3 is 1. The second kappa shape index (κ2) is 10.3. The smallest absolute Gasteiger partial charge is 0.339 e. The Morgan fingerprint density at radius 3 is 2.27 bits per heavy atom. The second-order valence-corrected chi connectivity index (χ2v) is 8.86. The summed E-state index contributed by atoms with van der Waals surface area (Å²) in [6.07, 6.45) is 0.763. The van der Waals surface area contributed by atoms with Crippen molar-refractivity contribution in [2.24, 2.45) is 0 Å². The van der Waals surface area contributed by atoms with Gasteiger partial charge in [-0.1, -0.05) is 25.1 Å². The van der Waals surface area contributed by atoms with Crippen LogP contribution in [0, 0.1) is 0 Å². The quantitative estimate of drug-likeness (QED) is 0.599. The number of ether oxygens (including phenoxy) is 1. The molecule has 0 heterocycles. The van der Waals surface area contributed by atoms with Gasteiger partial charge in [-0.2, -0.15) is 8.42 Å². The number of hydrogen-bond donors (Lipinski definition) is 1. The summed E-state index contributed by atoms with van der Waals surface area (Å²) in [6, 6.07) is 12.6. The fraction of sp³-hybridized carbons (Fsp3) is 0.409. The fourth-order valence-electron chi connectivity index (χ4n) is 2.79. The van der Waals surface area contributed by atoms with E-state index in [0.29, 0.717) is 11.3 Å². The van der Waals surface area contributed by atoms with E-state index in [-0.39, 0.29) is 35.3 Å². The van der Waals surface area contributed by atoms with Gasteiger partial charge in [-0.05, 0) is 57.5 Å². The van der Waals surface area contributed by atoms with Gasteiger partial charge in [0.1, 0.15) is 16.4 Å². The van der Waals surface area contributed by atoms with Gasteiger partial charge in [-0.15, -0.1) is 0 Å². The first-order valence-corrected chi connectivity index (χ1v) is 11.3. The molecule has 164 valence electrons. The number of para-hydroxylation sites is 1. The zero-order valence-electron chi connectivity index (χ0n) is 18.1. The van der Waals surface area contributed by atoms with Crippen molar-refractivity contribution in [1.29, 1.82) is 0 Å². The lowest BCUT2D eigenvalue weighted by molar-refractivity contribution is 0.170. The lowest BCUT2D eigenvalue weighted by Crippen LogP contribution is -2.46. The largest absolute Gasteiger partial charge is 0.497 e. The molecule has 0 aliphatic rings. The molecule has 0 aliphatic heterocycles. The molecule has 1 unspecified atom stereocenters. The molecule has 7 nitrogen and oxygen atoms in total. The van der Waals surface area contributed by atoms with Crippen LogP contribution in [0.2, 0.25) is 0 Å². The SMILES string of the molecule is CCC(C)N(Cc1ccccc1OS(=O)(=O)c1ccc(OC)cc1)C(=O)NC(C)C. The molecule has 0 fully saturated rings. The topological polar surface area (TPSA) is 84.9 Å². The molecule has 0 bridgehead atoms. The lowest BCUT2D eigenvalue weighted by atomic mass is 10.1. The number of rotatable bonds is 9. The minimum absolute atomic E-state index is 0.00833. The number of carbonyl (C=O) groups is 1. The van der Waals surface area contributed by atoms with E-state index in [1.54, 1.807) is 41.3 Å². The Balaban J connectivity index is 2.30. The van der Waals surface area contributed by atoms with E-state index in [4.69, 9.17) is 8.92 Å². The first kappa shape index (κ1) is 23.5. The number of carbonyl (C=O) groups excluding carboxylic acids is 1. The zero-order chi connectivity index (χ0) is 22.3. The highest BCUT2D eigenvalue weighted by atomic mass is 32.2. The summed E-state index contributed by atoms with van der Waals surface area (Å²) in [6.45, 7) is 7.96. The molecule has 1 N–H and O–H groups in total. The summed E-state index contributed by atoms with van der Waals surface area (Å²) in [5.74, 6) is 0.744. The van der Waals surface area contributed by atoms with Crippen LogP contribution in [0.5, 0.6) is 11.5 Å². The van der Waals surface area contributed by atoms with E-state index < -0.39 is 10.1 Å². The summed E-state index contributed by atoms with van der Waals surface area (Å²) in [7, 11) is -2.53. The number of amides is 2. The van der Waals surface area contributed by atoms with Crippen molar-refractivity contribution in [2.45, 2.75) is 57.6 Å². The summed E-state index contributed by atoms with van der Waals surface area (Å²) >= 11 is 0. The molecular formula is C22H30N2O5S. The highest BCUT2D eigenvalue weighted by Crippen LogP contribution is 2.26. The van der Waals surface area contributed by atoms with E-state index >= 15 is 0 Å². The van der Waals surface area contributed by atoms with E-state index in [1.165, 1.54) is 19.2 Å². The van der Waals surface area contributed by atoms with Crippen LogP contribution < -0.4 is 14.2 Å². The number of urea groups is 1. The van der Waals surface area contributed by atoms with E-state index in [9.17, 15) is 13.2 Å². The molecule has 1 atom stereocenters. The monoisotopic (exact) mass is 434 g/mol. The number of nitrogens with one attached hydrogen (secondary N) is 1. The minimum Gasteiger partial charge on any atom is -0.497 e. The molecule has 0 aliphatic carbocycles. The van der Waals surface area contributed by atoms with Gasteiger partial charge < -0.3 is 19.1 Å². The van der Waals surface area contributed by atoms with Gasteiger partial charge in [0.05, 0.1) is 13.7 Å². The molecular weight excluding hydrogens is 404 g/mol. The molecule has 2 aromatic rings. The highest BCUT2D eigenvalue weighted by Gasteiger charge is 2.23. The van der Waals surface area contributed by atoms with Gasteiger partial charge in [0, 0.05) is 17.6 Å². The van der Waals surface area contributed by atoms with Gasteiger partial charge in [0.2, 0.25) is 0 Å². The molecule has 2 aromatic carbocycles. The summed E-state index contributed by atoms with van der Waals surface area (Å²) in [4.78, 5) is 14.4. The Hall–Kier alpha value is -2.74. The fourth-order valence-corrected chi connectivity index (χ4v) is 3.75. The van der Waals surface area contributed by atoms with Gasteiger partial charge in [-0.3, -0.25) is 0 Å². The number of hydrogen-bond acceptors (Lipinski definition) is 5. The minimum atomic E-state index is -4.04.